The van der Waals surface area contributed by atoms with Crippen molar-refractivity contribution in [3.63, 3.8) is 0 Å². The molecule has 0 spiro atoms. The van der Waals surface area contributed by atoms with Gasteiger partial charge in [-0.15, -0.1) is 0 Å². The Kier molecular flexibility index (Phi) is 4.63. The molecule has 0 aliphatic carbocycles. The molecule has 0 N–H and O–H groups in total. The molecule has 0 aliphatic heterocycles. The van der Waals surface area contributed by atoms with Gasteiger partial charge < -0.3 is 4.74 Å². The maximum absolute atomic E-state index is 11.4. The zero-order valence-corrected chi connectivity index (χ0v) is 9.75. The highest BCUT2D eigenvalue weighted by molar-refractivity contribution is 6.30. The number of benzene rings is 1. The van der Waals surface area contributed by atoms with E-state index in [4.69, 9.17) is 16.3 Å². The lowest BCUT2D eigenvalue weighted by molar-refractivity contribution is -0.147. The zero-order chi connectivity index (χ0) is 11.3. The molecular formula is C12H15ClO2. The molecule has 1 atom stereocenters. The summed E-state index contributed by atoms with van der Waals surface area (Å²) in [7, 11) is 0. The summed E-state index contributed by atoms with van der Waals surface area (Å²) in [5.41, 5.74) is 1.10. The minimum atomic E-state index is -0.146. The fraction of sp³-hybridized carbons (Fsp3) is 0.417. The van der Waals surface area contributed by atoms with E-state index in [0.29, 0.717) is 18.1 Å². The summed E-state index contributed by atoms with van der Waals surface area (Å²) in [6.45, 7) is 4.11. The Hall–Kier alpha value is -1.02. The van der Waals surface area contributed by atoms with Crippen molar-refractivity contribution in [2.75, 3.05) is 6.61 Å². The fourth-order valence-electron chi connectivity index (χ4n) is 1.34. The maximum Gasteiger partial charge on any atom is 0.308 e. The van der Waals surface area contributed by atoms with Crippen LogP contribution in [0.15, 0.2) is 24.3 Å². The third-order valence-corrected chi connectivity index (χ3v) is 2.40. The van der Waals surface area contributed by atoms with Gasteiger partial charge in [-0.3, -0.25) is 4.79 Å². The normalized spacial score (nSPS) is 12.2. The summed E-state index contributed by atoms with van der Waals surface area (Å²) in [6.07, 6.45) is 0.690. The topological polar surface area (TPSA) is 26.3 Å². The number of carbonyl (C=O) groups is 1. The van der Waals surface area contributed by atoms with E-state index >= 15 is 0 Å². The first-order chi connectivity index (χ1) is 7.13. The van der Waals surface area contributed by atoms with Crippen LogP contribution in [0.5, 0.6) is 0 Å². The van der Waals surface area contributed by atoms with Gasteiger partial charge in [0.25, 0.3) is 0 Å². The van der Waals surface area contributed by atoms with Crippen molar-refractivity contribution in [1.82, 2.24) is 0 Å². The Morgan fingerprint density at radius 3 is 2.53 bits per heavy atom. The molecule has 0 amide bonds. The molecule has 1 rings (SSSR count). The van der Waals surface area contributed by atoms with Gasteiger partial charge in [0.05, 0.1) is 12.5 Å². The molecular weight excluding hydrogens is 212 g/mol. The first-order valence-corrected chi connectivity index (χ1v) is 5.42. The molecule has 0 saturated heterocycles. The smallest absolute Gasteiger partial charge is 0.308 e. The van der Waals surface area contributed by atoms with Gasteiger partial charge in [0.2, 0.25) is 0 Å². The van der Waals surface area contributed by atoms with Crippen LogP contribution in [0.1, 0.15) is 19.4 Å². The zero-order valence-electron chi connectivity index (χ0n) is 9.00. The first kappa shape index (κ1) is 12.1. The Bertz CT molecular complexity index is 319. The van der Waals surface area contributed by atoms with Crippen molar-refractivity contribution in [3.05, 3.63) is 34.9 Å². The van der Waals surface area contributed by atoms with Crippen molar-refractivity contribution in [2.24, 2.45) is 5.92 Å². The van der Waals surface area contributed by atoms with Crippen molar-refractivity contribution < 1.29 is 9.53 Å². The van der Waals surface area contributed by atoms with E-state index in [1.807, 2.05) is 38.1 Å². The second-order valence-corrected chi connectivity index (χ2v) is 3.92. The molecule has 0 saturated carbocycles. The largest absolute Gasteiger partial charge is 0.466 e. The molecule has 1 unspecified atom stereocenters. The first-order valence-electron chi connectivity index (χ1n) is 5.04. The maximum atomic E-state index is 11.4. The average molecular weight is 227 g/mol. The van der Waals surface area contributed by atoms with Crippen LogP contribution >= 0.6 is 11.6 Å². The molecule has 0 fully saturated rings. The van der Waals surface area contributed by atoms with Crippen LogP contribution in [0.2, 0.25) is 5.02 Å². The summed E-state index contributed by atoms with van der Waals surface area (Å²) in [4.78, 5) is 11.4. The molecule has 15 heavy (non-hydrogen) atoms. The van der Waals surface area contributed by atoms with Gasteiger partial charge in [0, 0.05) is 5.02 Å². The van der Waals surface area contributed by atoms with Gasteiger partial charge in [-0.2, -0.15) is 0 Å². The second kappa shape index (κ2) is 5.76. The number of esters is 1. The molecule has 2 nitrogen and oxygen atoms in total. The van der Waals surface area contributed by atoms with Crippen molar-refractivity contribution in [1.29, 1.82) is 0 Å². The quantitative estimate of drug-likeness (QED) is 0.738. The van der Waals surface area contributed by atoms with Gasteiger partial charge in [0.1, 0.15) is 0 Å². The minimum absolute atomic E-state index is 0.105. The van der Waals surface area contributed by atoms with Gasteiger partial charge in [-0.1, -0.05) is 30.7 Å². The molecule has 0 aromatic heterocycles. The summed E-state index contributed by atoms with van der Waals surface area (Å²) >= 11 is 5.77. The fourth-order valence-corrected chi connectivity index (χ4v) is 1.47. The number of halogens is 1. The molecule has 0 bridgehead atoms. The van der Waals surface area contributed by atoms with Crippen molar-refractivity contribution in [3.8, 4) is 0 Å². The predicted octanol–water partition coefficient (Wildman–Crippen LogP) is 3.08. The van der Waals surface area contributed by atoms with Crippen LogP contribution < -0.4 is 0 Å². The van der Waals surface area contributed by atoms with E-state index in [-0.39, 0.29) is 11.9 Å². The van der Waals surface area contributed by atoms with Gasteiger partial charge in [0.15, 0.2) is 0 Å². The number of hydrogen-bond donors (Lipinski definition) is 0. The van der Waals surface area contributed by atoms with Crippen LogP contribution in [-0.2, 0) is 16.0 Å². The Morgan fingerprint density at radius 1 is 1.40 bits per heavy atom. The standard InChI is InChI=1S/C12H15ClO2/c1-3-15-12(14)9(2)8-10-4-6-11(13)7-5-10/h4-7,9H,3,8H2,1-2H3. The third kappa shape index (κ3) is 3.92. The Morgan fingerprint density at radius 2 is 2.00 bits per heavy atom. The van der Waals surface area contributed by atoms with Crippen LogP contribution in [0.25, 0.3) is 0 Å². The van der Waals surface area contributed by atoms with Gasteiger partial charge in [-0.25, -0.2) is 0 Å². The lowest BCUT2D eigenvalue weighted by Crippen LogP contribution is -2.16. The Labute approximate surface area is 95.2 Å². The van der Waals surface area contributed by atoms with E-state index in [1.165, 1.54) is 0 Å². The Balaban J connectivity index is 2.54. The molecule has 0 radical (unpaired) electrons. The SMILES string of the molecule is CCOC(=O)C(C)Cc1ccc(Cl)cc1. The highest BCUT2D eigenvalue weighted by Crippen LogP contribution is 2.14. The molecule has 0 aliphatic rings. The monoisotopic (exact) mass is 226 g/mol. The summed E-state index contributed by atoms with van der Waals surface area (Å²) < 4.78 is 4.93. The highest BCUT2D eigenvalue weighted by Gasteiger charge is 2.14. The molecule has 1 aromatic rings. The lowest BCUT2D eigenvalue weighted by atomic mass is 10.0. The second-order valence-electron chi connectivity index (χ2n) is 3.48. The van der Waals surface area contributed by atoms with Crippen molar-refractivity contribution in [2.45, 2.75) is 20.3 Å². The number of carbonyl (C=O) groups excluding carboxylic acids is 1. The number of ether oxygens (including phenoxy) is 1. The summed E-state index contributed by atoms with van der Waals surface area (Å²) in [5.74, 6) is -0.251. The molecule has 82 valence electrons. The van der Waals surface area contributed by atoms with E-state index in [9.17, 15) is 4.79 Å². The summed E-state index contributed by atoms with van der Waals surface area (Å²) in [6, 6.07) is 7.51. The van der Waals surface area contributed by atoms with E-state index in [1.54, 1.807) is 0 Å². The predicted molar refractivity (Wildman–Crippen MR) is 61.0 cm³/mol. The van der Waals surface area contributed by atoms with Gasteiger partial charge in [-0.05, 0) is 31.0 Å². The van der Waals surface area contributed by atoms with E-state index in [2.05, 4.69) is 0 Å². The molecule has 1 aromatic carbocycles. The molecule has 3 heteroatoms. The van der Waals surface area contributed by atoms with Crippen LogP contribution in [0, 0.1) is 5.92 Å². The number of hydrogen-bond acceptors (Lipinski definition) is 2. The average Bonchev–Trinajstić information content (AvgIpc) is 2.22. The minimum Gasteiger partial charge on any atom is -0.466 e. The van der Waals surface area contributed by atoms with E-state index < -0.39 is 0 Å². The van der Waals surface area contributed by atoms with E-state index in [0.717, 1.165) is 5.56 Å². The number of rotatable bonds is 4. The lowest BCUT2D eigenvalue weighted by Gasteiger charge is -2.10. The van der Waals surface area contributed by atoms with Crippen LogP contribution in [-0.4, -0.2) is 12.6 Å². The summed E-state index contributed by atoms with van der Waals surface area (Å²) in [5, 5.41) is 0.711. The van der Waals surface area contributed by atoms with Crippen LogP contribution in [0.3, 0.4) is 0 Å². The van der Waals surface area contributed by atoms with Crippen LogP contribution in [0.4, 0.5) is 0 Å². The third-order valence-electron chi connectivity index (χ3n) is 2.14. The van der Waals surface area contributed by atoms with Crippen molar-refractivity contribution >= 4 is 17.6 Å². The molecule has 0 heterocycles. The highest BCUT2D eigenvalue weighted by atomic mass is 35.5. The van der Waals surface area contributed by atoms with Gasteiger partial charge >= 0.3 is 5.97 Å².